The van der Waals surface area contributed by atoms with Gasteiger partial charge in [0.25, 0.3) is 0 Å². The number of amides is 1. The molecule has 1 N–H and O–H groups in total. The van der Waals surface area contributed by atoms with E-state index in [9.17, 15) is 13.2 Å². The van der Waals surface area contributed by atoms with Crippen LogP contribution in [0.15, 0.2) is 57.9 Å². The van der Waals surface area contributed by atoms with Gasteiger partial charge in [0.1, 0.15) is 18.1 Å². The molecule has 3 rings (SSSR count). The SMILES string of the molecule is Cc1noc(C)c1COc1ccc(CC(=O)Nc2cccc(S(C)(=O)=O)c2)cc1. The first-order valence-electron chi connectivity index (χ1n) is 8.96. The van der Waals surface area contributed by atoms with E-state index < -0.39 is 9.84 Å². The summed E-state index contributed by atoms with van der Waals surface area (Å²) < 4.78 is 34.1. The van der Waals surface area contributed by atoms with Gasteiger partial charge in [-0.15, -0.1) is 0 Å². The van der Waals surface area contributed by atoms with Crippen LogP contribution in [0, 0.1) is 13.8 Å². The summed E-state index contributed by atoms with van der Waals surface area (Å²) in [6.07, 6.45) is 1.29. The predicted octanol–water partition coefficient (Wildman–Crippen LogP) is 3.46. The number of aromatic nitrogens is 1. The minimum Gasteiger partial charge on any atom is -0.489 e. The summed E-state index contributed by atoms with van der Waals surface area (Å²) in [5.74, 6) is 1.17. The van der Waals surface area contributed by atoms with E-state index in [0.29, 0.717) is 18.0 Å². The van der Waals surface area contributed by atoms with Gasteiger partial charge < -0.3 is 14.6 Å². The van der Waals surface area contributed by atoms with Crippen molar-refractivity contribution in [1.82, 2.24) is 5.16 Å². The smallest absolute Gasteiger partial charge is 0.228 e. The van der Waals surface area contributed by atoms with E-state index in [1.807, 2.05) is 26.0 Å². The number of carbonyl (C=O) groups excluding carboxylic acids is 1. The molecule has 0 aliphatic rings. The minimum atomic E-state index is -3.33. The molecule has 1 aromatic heterocycles. The number of anilines is 1. The summed E-state index contributed by atoms with van der Waals surface area (Å²) in [7, 11) is -3.33. The fourth-order valence-corrected chi connectivity index (χ4v) is 3.43. The molecule has 1 heterocycles. The molecule has 0 bridgehead atoms. The number of ether oxygens (including phenoxy) is 1. The first kappa shape index (κ1) is 20.6. The lowest BCUT2D eigenvalue weighted by Crippen LogP contribution is -2.14. The van der Waals surface area contributed by atoms with Crippen molar-refractivity contribution in [2.24, 2.45) is 0 Å². The normalized spacial score (nSPS) is 11.3. The Hall–Kier alpha value is -3.13. The first-order chi connectivity index (χ1) is 13.7. The standard InChI is InChI=1S/C21H22N2O5S/c1-14-20(15(2)28-23-14)13-27-18-9-7-16(8-10-18)11-21(24)22-17-5-4-6-19(12-17)29(3,25)26/h4-10,12H,11,13H2,1-3H3,(H,22,24). The van der Waals surface area contributed by atoms with E-state index in [1.165, 1.54) is 12.1 Å². The first-order valence-corrected chi connectivity index (χ1v) is 10.8. The quantitative estimate of drug-likeness (QED) is 0.636. The average Bonchev–Trinajstić information content (AvgIpc) is 2.98. The maximum Gasteiger partial charge on any atom is 0.228 e. The van der Waals surface area contributed by atoms with Gasteiger partial charge in [0.2, 0.25) is 5.91 Å². The Balaban J connectivity index is 1.57. The summed E-state index contributed by atoms with van der Waals surface area (Å²) >= 11 is 0. The summed E-state index contributed by atoms with van der Waals surface area (Å²) in [4.78, 5) is 12.4. The second-order valence-electron chi connectivity index (χ2n) is 6.76. The van der Waals surface area contributed by atoms with Crippen molar-refractivity contribution in [3.05, 3.63) is 71.1 Å². The Morgan fingerprint density at radius 1 is 1.14 bits per heavy atom. The maximum atomic E-state index is 12.3. The number of sulfone groups is 1. The lowest BCUT2D eigenvalue weighted by Gasteiger charge is -2.09. The van der Waals surface area contributed by atoms with Crippen LogP contribution in [0.2, 0.25) is 0 Å². The highest BCUT2D eigenvalue weighted by Crippen LogP contribution is 2.19. The Morgan fingerprint density at radius 3 is 2.48 bits per heavy atom. The Kier molecular flexibility index (Phi) is 6.03. The van der Waals surface area contributed by atoms with Crippen molar-refractivity contribution in [3.8, 4) is 5.75 Å². The van der Waals surface area contributed by atoms with Crippen molar-refractivity contribution in [3.63, 3.8) is 0 Å². The maximum absolute atomic E-state index is 12.3. The van der Waals surface area contributed by atoms with Gasteiger partial charge in [-0.1, -0.05) is 23.4 Å². The summed E-state index contributed by atoms with van der Waals surface area (Å²) in [5.41, 5.74) is 2.98. The topological polar surface area (TPSA) is 98.5 Å². The summed E-state index contributed by atoms with van der Waals surface area (Å²) in [5, 5.41) is 6.62. The molecule has 0 atom stereocenters. The van der Waals surface area contributed by atoms with Gasteiger partial charge in [-0.05, 0) is 49.7 Å². The molecular formula is C21H22N2O5S. The fraction of sp³-hybridized carbons (Fsp3) is 0.238. The van der Waals surface area contributed by atoms with Crippen molar-refractivity contribution in [2.75, 3.05) is 11.6 Å². The van der Waals surface area contributed by atoms with E-state index in [4.69, 9.17) is 9.26 Å². The van der Waals surface area contributed by atoms with Crippen LogP contribution in [0.1, 0.15) is 22.6 Å². The molecular weight excluding hydrogens is 392 g/mol. The number of benzene rings is 2. The van der Waals surface area contributed by atoms with Gasteiger partial charge in [-0.2, -0.15) is 0 Å². The third-order valence-electron chi connectivity index (χ3n) is 4.40. The number of nitrogens with zero attached hydrogens (tertiary/aromatic N) is 1. The molecule has 2 aromatic carbocycles. The molecule has 29 heavy (non-hydrogen) atoms. The van der Waals surface area contributed by atoms with Crippen molar-refractivity contribution in [1.29, 1.82) is 0 Å². The number of hydrogen-bond acceptors (Lipinski definition) is 6. The summed E-state index contributed by atoms with van der Waals surface area (Å²) in [6.45, 7) is 4.06. The van der Waals surface area contributed by atoms with E-state index in [-0.39, 0.29) is 17.2 Å². The van der Waals surface area contributed by atoms with Gasteiger partial charge in [0.05, 0.1) is 22.6 Å². The zero-order chi connectivity index (χ0) is 21.0. The molecule has 0 radical (unpaired) electrons. The van der Waals surface area contributed by atoms with Gasteiger partial charge in [-0.25, -0.2) is 8.42 Å². The number of hydrogen-bond donors (Lipinski definition) is 1. The van der Waals surface area contributed by atoms with Gasteiger partial charge in [-0.3, -0.25) is 4.79 Å². The van der Waals surface area contributed by atoms with Crippen LogP contribution in [0.5, 0.6) is 5.75 Å². The third-order valence-corrected chi connectivity index (χ3v) is 5.51. The van der Waals surface area contributed by atoms with E-state index in [0.717, 1.165) is 28.8 Å². The lowest BCUT2D eigenvalue weighted by atomic mass is 10.1. The van der Waals surface area contributed by atoms with Gasteiger partial charge in [0.15, 0.2) is 9.84 Å². The molecule has 152 valence electrons. The molecule has 0 aliphatic carbocycles. The average molecular weight is 414 g/mol. The van der Waals surface area contributed by atoms with Crippen LogP contribution in [-0.2, 0) is 27.7 Å². The highest BCUT2D eigenvalue weighted by atomic mass is 32.2. The monoisotopic (exact) mass is 414 g/mol. The molecule has 0 saturated heterocycles. The number of aryl methyl sites for hydroxylation is 2. The molecule has 0 aliphatic heterocycles. The zero-order valence-electron chi connectivity index (χ0n) is 16.4. The van der Waals surface area contributed by atoms with E-state index in [2.05, 4.69) is 10.5 Å². The Bertz CT molecular complexity index is 1100. The van der Waals surface area contributed by atoms with Gasteiger partial charge >= 0.3 is 0 Å². The van der Waals surface area contributed by atoms with Crippen LogP contribution in [-0.4, -0.2) is 25.7 Å². The predicted molar refractivity (Wildman–Crippen MR) is 109 cm³/mol. The molecule has 8 heteroatoms. The largest absolute Gasteiger partial charge is 0.489 e. The molecule has 0 spiro atoms. The highest BCUT2D eigenvalue weighted by molar-refractivity contribution is 7.90. The number of carbonyl (C=O) groups is 1. The summed E-state index contributed by atoms with van der Waals surface area (Å²) in [6, 6.07) is 13.4. The third kappa shape index (κ3) is 5.45. The molecule has 3 aromatic rings. The van der Waals surface area contributed by atoms with E-state index >= 15 is 0 Å². The lowest BCUT2D eigenvalue weighted by molar-refractivity contribution is -0.115. The van der Waals surface area contributed by atoms with Crippen molar-refractivity contribution >= 4 is 21.4 Å². The van der Waals surface area contributed by atoms with Crippen LogP contribution >= 0.6 is 0 Å². The molecule has 0 saturated carbocycles. The Labute approximate surface area is 169 Å². The fourth-order valence-electron chi connectivity index (χ4n) is 2.76. The number of rotatable bonds is 7. The second kappa shape index (κ2) is 8.48. The number of nitrogens with one attached hydrogen (secondary N) is 1. The van der Waals surface area contributed by atoms with Crippen LogP contribution in [0.4, 0.5) is 5.69 Å². The highest BCUT2D eigenvalue weighted by Gasteiger charge is 2.11. The molecule has 7 nitrogen and oxygen atoms in total. The van der Waals surface area contributed by atoms with Crippen LogP contribution in [0.3, 0.4) is 0 Å². The van der Waals surface area contributed by atoms with Crippen LogP contribution in [0.25, 0.3) is 0 Å². The molecule has 0 unspecified atom stereocenters. The van der Waals surface area contributed by atoms with E-state index in [1.54, 1.807) is 24.3 Å². The van der Waals surface area contributed by atoms with Crippen molar-refractivity contribution < 1.29 is 22.5 Å². The Morgan fingerprint density at radius 2 is 1.86 bits per heavy atom. The zero-order valence-corrected chi connectivity index (χ0v) is 17.2. The van der Waals surface area contributed by atoms with Crippen molar-refractivity contribution in [2.45, 2.75) is 31.8 Å². The molecule has 0 fully saturated rings. The van der Waals surface area contributed by atoms with Gasteiger partial charge in [0, 0.05) is 11.9 Å². The second-order valence-corrected chi connectivity index (χ2v) is 8.78. The molecule has 1 amide bonds. The van der Waals surface area contributed by atoms with Crippen LogP contribution < -0.4 is 10.1 Å². The minimum absolute atomic E-state index is 0.160.